The molecule has 0 atom stereocenters. The van der Waals surface area contributed by atoms with Crippen LogP contribution in [-0.4, -0.2) is 9.97 Å². The molecular weight excluding hydrogens is 205 g/mol. The van der Waals surface area contributed by atoms with Crippen molar-refractivity contribution < 1.29 is 13.2 Å². The van der Waals surface area contributed by atoms with Gasteiger partial charge in [-0.3, -0.25) is 0 Å². The van der Waals surface area contributed by atoms with Crippen LogP contribution in [0.15, 0.2) is 24.4 Å². The number of para-hydroxylation sites is 1. The van der Waals surface area contributed by atoms with Gasteiger partial charge in [-0.2, -0.15) is 13.2 Å². The van der Waals surface area contributed by atoms with Gasteiger partial charge < -0.3 is 0 Å². The topological polar surface area (TPSA) is 25.8 Å². The highest BCUT2D eigenvalue weighted by molar-refractivity contribution is 5.81. The van der Waals surface area contributed by atoms with E-state index in [1.807, 2.05) is 0 Å². The van der Waals surface area contributed by atoms with Gasteiger partial charge in [-0.1, -0.05) is 12.1 Å². The van der Waals surface area contributed by atoms with Crippen LogP contribution < -0.4 is 0 Å². The summed E-state index contributed by atoms with van der Waals surface area (Å²) in [5.74, 6) is 0.333. The molecule has 0 fully saturated rings. The Balaban J connectivity index is 2.80. The third-order valence-electron chi connectivity index (χ3n) is 2.04. The van der Waals surface area contributed by atoms with Crippen LogP contribution in [0, 0.1) is 6.92 Å². The van der Waals surface area contributed by atoms with Gasteiger partial charge in [-0.05, 0) is 13.0 Å². The molecule has 0 bridgehead atoms. The van der Waals surface area contributed by atoms with Crippen LogP contribution in [0.3, 0.4) is 0 Å². The van der Waals surface area contributed by atoms with Gasteiger partial charge in [0.15, 0.2) is 0 Å². The zero-order chi connectivity index (χ0) is 11.1. The fraction of sp³-hybridized carbons (Fsp3) is 0.200. The molecule has 0 saturated heterocycles. The molecule has 5 heteroatoms. The maximum atomic E-state index is 12.6. The Morgan fingerprint density at radius 2 is 1.93 bits per heavy atom. The quantitative estimate of drug-likeness (QED) is 0.670. The van der Waals surface area contributed by atoms with Crippen LogP contribution in [-0.2, 0) is 6.18 Å². The largest absolute Gasteiger partial charge is 0.418 e. The highest BCUT2D eigenvalue weighted by Crippen LogP contribution is 2.33. The van der Waals surface area contributed by atoms with Crippen molar-refractivity contribution in [3.63, 3.8) is 0 Å². The number of halogens is 3. The summed E-state index contributed by atoms with van der Waals surface area (Å²) in [5.41, 5.74) is -0.761. The van der Waals surface area contributed by atoms with Crippen molar-refractivity contribution in [2.75, 3.05) is 0 Å². The molecule has 0 saturated carbocycles. The van der Waals surface area contributed by atoms with Gasteiger partial charge >= 0.3 is 6.18 Å². The number of benzene rings is 1. The molecular formula is C10H7F3N2. The van der Waals surface area contributed by atoms with Gasteiger partial charge in [0, 0.05) is 11.6 Å². The van der Waals surface area contributed by atoms with Crippen molar-refractivity contribution in [2.45, 2.75) is 13.1 Å². The van der Waals surface area contributed by atoms with Crippen molar-refractivity contribution in [3.8, 4) is 0 Å². The van der Waals surface area contributed by atoms with E-state index in [2.05, 4.69) is 9.97 Å². The molecule has 0 radical (unpaired) electrons. The minimum Gasteiger partial charge on any atom is -0.241 e. The van der Waals surface area contributed by atoms with E-state index in [1.165, 1.54) is 12.3 Å². The fourth-order valence-corrected chi connectivity index (χ4v) is 1.37. The van der Waals surface area contributed by atoms with Crippen LogP contribution in [0.5, 0.6) is 0 Å². The van der Waals surface area contributed by atoms with E-state index < -0.39 is 11.7 Å². The Bertz CT molecular complexity index is 505. The highest BCUT2D eigenvalue weighted by atomic mass is 19.4. The number of fused-ring (bicyclic) bond motifs is 1. The molecule has 1 aromatic carbocycles. The summed E-state index contributed by atoms with van der Waals surface area (Å²) in [6.45, 7) is 1.56. The third kappa shape index (κ3) is 1.77. The maximum absolute atomic E-state index is 12.6. The standard InChI is InChI=1S/C10H7F3N2/c1-6-14-5-7-3-2-4-8(9(7)15-6)10(11,12)13/h2-5H,1H3. The Kier molecular flexibility index (Phi) is 2.10. The van der Waals surface area contributed by atoms with Crippen molar-refractivity contribution in [1.29, 1.82) is 0 Å². The second-order valence-electron chi connectivity index (χ2n) is 3.16. The summed E-state index contributed by atoms with van der Waals surface area (Å²) < 4.78 is 37.8. The van der Waals surface area contributed by atoms with Gasteiger partial charge in [0.25, 0.3) is 0 Å². The van der Waals surface area contributed by atoms with Crippen molar-refractivity contribution in [2.24, 2.45) is 0 Å². The lowest BCUT2D eigenvalue weighted by molar-refractivity contribution is -0.136. The smallest absolute Gasteiger partial charge is 0.241 e. The zero-order valence-corrected chi connectivity index (χ0v) is 7.84. The monoisotopic (exact) mass is 212 g/mol. The van der Waals surface area contributed by atoms with Gasteiger partial charge in [0.05, 0.1) is 11.1 Å². The summed E-state index contributed by atoms with van der Waals surface area (Å²) in [5, 5.41) is 0.399. The Morgan fingerprint density at radius 3 is 2.60 bits per heavy atom. The summed E-state index contributed by atoms with van der Waals surface area (Å²) in [6, 6.07) is 3.93. The maximum Gasteiger partial charge on any atom is 0.418 e. The van der Waals surface area contributed by atoms with E-state index in [0.717, 1.165) is 6.07 Å². The summed E-state index contributed by atoms with van der Waals surface area (Å²) in [6.07, 6.45) is -2.98. The van der Waals surface area contributed by atoms with Gasteiger partial charge in [-0.25, -0.2) is 9.97 Å². The SMILES string of the molecule is Cc1ncc2cccc(C(F)(F)F)c2n1. The first-order chi connectivity index (χ1) is 6.98. The second-order valence-corrected chi connectivity index (χ2v) is 3.16. The highest BCUT2D eigenvalue weighted by Gasteiger charge is 2.33. The van der Waals surface area contributed by atoms with E-state index in [4.69, 9.17) is 0 Å². The van der Waals surface area contributed by atoms with Crippen LogP contribution in [0.4, 0.5) is 13.2 Å². The van der Waals surface area contributed by atoms with Gasteiger partial charge in [-0.15, -0.1) is 0 Å². The third-order valence-corrected chi connectivity index (χ3v) is 2.04. The molecule has 1 aromatic heterocycles. The van der Waals surface area contributed by atoms with Crippen LogP contribution in [0.25, 0.3) is 10.9 Å². The summed E-state index contributed by atoms with van der Waals surface area (Å²) in [7, 11) is 0. The molecule has 0 aliphatic carbocycles. The normalized spacial score (nSPS) is 12.0. The Hall–Kier alpha value is -1.65. The summed E-state index contributed by atoms with van der Waals surface area (Å²) >= 11 is 0. The lowest BCUT2D eigenvalue weighted by Crippen LogP contribution is -2.07. The molecule has 2 rings (SSSR count). The molecule has 0 unspecified atom stereocenters. The number of aryl methyl sites for hydroxylation is 1. The lowest BCUT2D eigenvalue weighted by Gasteiger charge is -2.09. The Morgan fingerprint density at radius 1 is 1.20 bits per heavy atom. The number of hydrogen-bond acceptors (Lipinski definition) is 2. The number of rotatable bonds is 0. The second kappa shape index (κ2) is 3.18. The fourth-order valence-electron chi connectivity index (χ4n) is 1.37. The van der Waals surface area contributed by atoms with Crippen molar-refractivity contribution >= 4 is 10.9 Å². The van der Waals surface area contributed by atoms with E-state index in [-0.39, 0.29) is 5.52 Å². The minimum absolute atomic E-state index is 0.0440. The molecule has 15 heavy (non-hydrogen) atoms. The average Bonchev–Trinajstić information content (AvgIpc) is 2.15. The van der Waals surface area contributed by atoms with Crippen LogP contribution in [0.2, 0.25) is 0 Å². The zero-order valence-electron chi connectivity index (χ0n) is 7.84. The summed E-state index contributed by atoms with van der Waals surface area (Å²) in [4.78, 5) is 7.66. The van der Waals surface area contributed by atoms with E-state index in [0.29, 0.717) is 11.2 Å². The first-order valence-electron chi connectivity index (χ1n) is 4.28. The van der Waals surface area contributed by atoms with Crippen molar-refractivity contribution in [3.05, 3.63) is 35.8 Å². The van der Waals surface area contributed by atoms with Gasteiger partial charge in [0.1, 0.15) is 5.82 Å². The van der Waals surface area contributed by atoms with Gasteiger partial charge in [0.2, 0.25) is 0 Å². The van der Waals surface area contributed by atoms with Crippen LogP contribution >= 0.6 is 0 Å². The molecule has 0 aliphatic heterocycles. The van der Waals surface area contributed by atoms with E-state index in [1.54, 1.807) is 13.0 Å². The first kappa shape index (κ1) is 9.89. The van der Waals surface area contributed by atoms with E-state index >= 15 is 0 Å². The van der Waals surface area contributed by atoms with Crippen LogP contribution in [0.1, 0.15) is 11.4 Å². The number of hydrogen-bond donors (Lipinski definition) is 0. The molecule has 2 aromatic rings. The molecule has 2 nitrogen and oxygen atoms in total. The number of aromatic nitrogens is 2. The lowest BCUT2D eigenvalue weighted by atomic mass is 10.1. The molecule has 0 N–H and O–H groups in total. The molecule has 1 heterocycles. The Labute approximate surface area is 83.8 Å². The van der Waals surface area contributed by atoms with E-state index in [9.17, 15) is 13.2 Å². The molecule has 0 aliphatic rings. The number of nitrogens with zero attached hydrogens (tertiary/aromatic N) is 2. The molecule has 78 valence electrons. The first-order valence-corrected chi connectivity index (χ1v) is 4.28. The number of alkyl halides is 3. The average molecular weight is 212 g/mol. The predicted molar refractivity (Wildman–Crippen MR) is 49.3 cm³/mol. The van der Waals surface area contributed by atoms with Crippen molar-refractivity contribution in [1.82, 2.24) is 9.97 Å². The molecule has 0 spiro atoms. The minimum atomic E-state index is -4.37. The molecule has 0 amide bonds. The predicted octanol–water partition coefficient (Wildman–Crippen LogP) is 2.96.